The first kappa shape index (κ1) is 16.5. The maximum Gasteiger partial charge on any atom is 0.237 e. The predicted molar refractivity (Wildman–Crippen MR) is 80.6 cm³/mol. The van der Waals surface area contributed by atoms with E-state index >= 15 is 0 Å². The number of phenolic OH excluding ortho intramolecular Hbond substituents is 1. The number of aromatic hydroxyl groups is 1. The summed E-state index contributed by atoms with van der Waals surface area (Å²) in [6.45, 7) is 5.61. The second-order valence-electron chi connectivity index (χ2n) is 5.34. The van der Waals surface area contributed by atoms with Gasteiger partial charge in [-0.25, -0.2) is 0 Å². The monoisotopic (exact) mass is 279 g/mol. The minimum absolute atomic E-state index is 0.143. The fraction of sp³-hybridized carbons (Fsp3) is 0.533. The minimum atomic E-state index is -0.566. The lowest BCUT2D eigenvalue weighted by Crippen LogP contribution is -2.44. The van der Waals surface area contributed by atoms with Crippen LogP contribution in [0.25, 0.3) is 0 Å². The number of nitrogens with one attached hydrogen (secondary N) is 1. The van der Waals surface area contributed by atoms with Gasteiger partial charge >= 0.3 is 0 Å². The van der Waals surface area contributed by atoms with Gasteiger partial charge in [0.1, 0.15) is 5.75 Å². The standard InChI is InChI=1S/C15H25N3O2/c1-11(2)18(3)9-8-17-15(20)14(16)10-12-4-6-13(19)7-5-12/h4-7,11,14,19H,8-10,16H2,1-3H3,(H,17,20). The van der Waals surface area contributed by atoms with Gasteiger partial charge in [-0.1, -0.05) is 12.1 Å². The van der Waals surface area contributed by atoms with Crippen LogP contribution in [-0.2, 0) is 11.2 Å². The number of amides is 1. The molecule has 0 saturated heterocycles. The Hall–Kier alpha value is -1.59. The van der Waals surface area contributed by atoms with Gasteiger partial charge in [-0.2, -0.15) is 0 Å². The van der Waals surface area contributed by atoms with E-state index in [9.17, 15) is 9.90 Å². The summed E-state index contributed by atoms with van der Waals surface area (Å²) in [6, 6.07) is 6.63. The lowest BCUT2D eigenvalue weighted by atomic mass is 10.1. The van der Waals surface area contributed by atoms with Crippen molar-refractivity contribution in [2.24, 2.45) is 5.73 Å². The van der Waals surface area contributed by atoms with Crippen molar-refractivity contribution in [3.05, 3.63) is 29.8 Å². The van der Waals surface area contributed by atoms with Crippen LogP contribution in [0.4, 0.5) is 0 Å². The first-order chi connectivity index (χ1) is 9.40. The van der Waals surface area contributed by atoms with E-state index in [0.717, 1.165) is 12.1 Å². The van der Waals surface area contributed by atoms with Crippen molar-refractivity contribution >= 4 is 5.91 Å². The normalized spacial score (nSPS) is 12.7. The molecule has 1 aromatic carbocycles. The van der Waals surface area contributed by atoms with Crippen LogP contribution >= 0.6 is 0 Å². The van der Waals surface area contributed by atoms with Crippen molar-refractivity contribution < 1.29 is 9.90 Å². The first-order valence-electron chi connectivity index (χ1n) is 6.91. The number of likely N-dealkylation sites (N-methyl/N-ethyl adjacent to an activating group) is 1. The number of phenols is 1. The molecule has 0 bridgehead atoms. The third-order valence-corrected chi connectivity index (χ3v) is 3.37. The molecular formula is C15H25N3O2. The van der Waals surface area contributed by atoms with E-state index in [1.807, 2.05) is 7.05 Å². The Balaban J connectivity index is 2.34. The molecule has 1 atom stereocenters. The van der Waals surface area contributed by atoms with E-state index < -0.39 is 6.04 Å². The molecule has 0 aromatic heterocycles. The predicted octanol–water partition coefficient (Wildman–Crippen LogP) is 0.718. The summed E-state index contributed by atoms with van der Waals surface area (Å²) in [5.41, 5.74) is 6.81. The van der Waals surface area contributed by atoms with Gasteiger partial charge in [0.25, 0.3) is 0 Å². The average molecular weight is 279 g/mol. The Bertz CT molecular complexity index is 418. The number of rotatable bonds is 7. The molecule has 112 valence electrons. The third-order valence-electron chi connectivity index (χ3n) is 3.37. The van der Waals surface area contributed by atoms with Gasteiger partial charge in [0, 0.05) is 19.1 Å². The van der Waals surface area contributed by atoms with Gasteiger partial charge in [-0.15, -0.1) is 0 Å². The minimum Gasteiger partial charge on any atom is -0.508 e. The lowest BCUT2D eigenvalue weighted by Gasteiger charge is -2.21. The van der Waals surface area contributed by atoms with E-state index in [-0.39, 0.29) is 11.7 Å². The van der Waals surface area contributed by atoms with Gasteiger partial charge in [0.05, 0.1) is 6.04 Å². The number of hydrogen-bond acceptors (Lipinski definition) is 4. The molecule has 5 heteroatoms. The fourth-order valence-corrected chi connectivity index (χ4v) is 1.72. The molecule has 1 rings (SSSR count). The molecule has 0 spiro atoms. The summed E-state index contributed by atoms with van der Waals surface area (Å²) < 4.78 is 0. The summed E-state index contributed by atoms with van der Waals surface area (Å²) >= 11 is 0. The highest BCUT2D eigenvalue weighted by Crippen LogP contribution is 2.10. The zero-order valence-electron chi connectivity index (χ0n) is 12.5. The molecule has 0 aliphatic heterocycles. The molecule has 1 unspecified atom stereocenters. The maximum atomic E-state index is 11.9. The molecular weight excluding hydrogens is 254 g/mol. The molecule has 5 nitrogen and oxygen atoms in total. The molecule has 0 fully saturated rings. The van der Waals surface area contributed by atoms with E-state index in [1.54, 1.807) is 24.3 Å². The Morgan fingerprint density at radius 3 is 2.50 bits per heavy atom. The van der Waals surface area contributed by atoms with Crippen LogP contribution in [-0.4, -0.2) is 48.1 Å². The Kier molecular flexibility index (Phi) is 6.48. The SMILES string of the molecule is CC(C)N(C)CCNC(=O)C(N)Cc1ccc(O)cc1. The Morgan fingerprint density at radius 1 is 1.35 bits per heavy atom. The van der Waals surface area contributed by atoms with E-state index in [2.05, 4.69) is 24.1 Å². The van der Waals surface area contributed by atoms with E-state index in [4.69, 9.17) is 5.73 Å². The summed E-state index contributed by atoms with van der Waals surface area (Å²) in [7, 11) is 2.02. The van der Waals surface area contributed by atoms with Crippen molar-refractivity contribution in [1.82, 2.24) is 10.2 Å². The van der Waals surface area contributed by atoms with E-state index in [1.165, 1.54) is 0 Å². The third kappa shape index (κ3) is 5.59. The molecule has 1 aromatic rings. The number of hydrogen-bond donors (Lipinski definition) is 3. The van der Waals surface area contributed by atoms with Crippen molar-refractivity contribution in [3.8, 4) is 5.75 Å². The summed E-state index contributed by atoms with van der Waals surface area (Å²) in [5, 5.41) is 12.0. The van der Waals surface area contributed by atoms with Crippen molar-refractivity contribution in [2.45, 2.75) is 32.4 Å². The van der Waals surface area contributed by atoms with Gasteiger partial charge < -0.3 is 21.1 Å². The highest BCUT2D eigenvalue weighted by atomic mass is 16.3. The van der Waals surface area contributed by atoms with Crippen LogP contribution in [0.5, 0.6) is 5.75 Å². The van der Waals surface area contributed by atoms with Crippen LogP contribution in [0.3, 0.4) is 0 Å². The van der Waals surface area contributed by atoms with Crippen LogP contribution in [0.1, 0.15) is 19.4 Å². The molecule has 1 amide bonds. The average Bonchev–Trinajstić information content (AvgIpc) is 2.40. The zero-order chi connectivity index (χ0) is 15.1. The van der Waals surface area contributed by atoms with Crippen molar-refractivity contribution in [3.63, 3.8) is 0 Å². The van der Waals surface area contributed by atoms with Gasteiger partial charge in [0.15, 0.2) is 0 Å². The van der Waals surface area contributed by atoms with Crippen LogP contribution < -0.4 is 11.1 Å². The second-order valence-corrected chi connectivity index (χ2v) is 5.34. The molecule has 0 heterocycles. The van der Waals surface area contributed by atoms with Crippen molar-refractivity contribution in [1.29, 1.82) is 0 Å². The molecule has 0 radical (unpaired) electrons. The zero-order valence-corrected chi connectivity index (χ0v) is 12.5. The lowest BCUT2D eigenvalue weighted by molar-refractivity contribution is -0.122. The molecule has 0 saturated carbocycles. The molecule has 20 heavy (non-hydrogen) atoms. The van der Waals surface area contributed by atoms with Crippen molar-refractivity contribution in [2.75, 3.05) is 20.1 Å². The summed E-state index contributed by atoms with van der Waals surface area (Å²) in [5.74, 6) is 0.0683. The smallest absolute Gasteiger partial charge is 0.237 e. The molecule has 0 aliphatic carbocycles. The molecule has 4 N–H and O–H groups in total. The van der Waals surface area contributed by atoms with Gasteiger partial charge in [-0.05, 0) is 45.0 Å². The van der Waals surface area contributed by atoms with Gasteiger partial charge in [-0.3, -0.25) is 4.79 Å². The summed E-state index contributed by atoms with van der Waals surface area (Å²) in [6.07, 6.45) is 0.464. The maximum absolute atomic E-state index is 11.9. The highest BCUT2D eigenvalue weighted by Gasteiger charge is 2.14. The highest BCUT2D eigenvalue weighted by molar-refractivity contribution is 5.81. The number of carbonyl (C=O) groups excluding carboxylic acids is 1. The quantitative estimate of drug-likeness (QED) is 0.687. The Labute approximate surface area is 120 Å². The summed E-state index contributed by atoms with van der Waals surface area (Å²) in [4.78, 5) is 14.0. The Morgan fingerprint density at radius 2 is 1.95 bits per heavy atom. The number of nitrogens with two attached hydrogens (primary N) is 1. The molecule has 0 aliphatic rings. The largest absolute Gasteiger partial charge is 0.508 e. The van der Waals surface area contributed by atoms with Gasteiger partial charge in [0.2, 0.25) is 5.91 Å². The number of nitrogens with zero attached hydrogens (tertiary/aromatic N) is 1. The number of carbonyl (C=O) groups is 1. The van der Waals surface area contributed by atoms with E-state index in [0.29, 0.717) is 19.0 Å². The van der Waals surface area contributed by atoms with Crippen LogP contribution in [0.2, 0.25) is 0 Å². The first-order valence-corrected chi connectivity index (χ1v) is 6.91. The second kappa shape index (κ2) is 7.87. The fourth-order valence-electron chi connectivity index (χ4n) is 1.72. The van der Waals surface area contributed by atoms with Crippen LogP contribution in [0.15, 0.2) is 24.3 Å². The van der Waals surface area contributed by atoms with Crippen LogP contribution in [0, 0.1) is 0 Å². The topological polar surface area (TPSA) is 78.6 Å². The number of benzene rings is 1.